The zero-order valence-electron chi connectivity index (χ0n) is 9.60. The molecule has 104 valence electrons. The van der Waals surface area contributed by atoms with E-state index in [0.29, 0.717) is 5.69 Å². The van der Waals surface area contributed by atoms with Gasteiger partial charge in [0.15, 0.2) is 0 Å². The quantitative estimate of drug-likeness (QED) is 0.665. The highest BCUT2D eigenvalue weighted by atomic mass is 32.2. The Hall–Kier alpha value is -1.90. The van der Waals surface area contributed by atoms with Gasteiger partial charge in [-0.2, -0.15) is 0 Å². The van der Waals surface area contributed by atoms with Crippen molar-refractivity contribution in [1.82, 2.24) is 0 Å². The van der Waals surface area contributed by atoms with Gasteiger partial charge in [0.2, 0.25) is 0 Å². The number of ether oxygens (including phenoxy) is 1. The highest BCUT2D eigenvalue weighted by Gasteiger charge is 2.30. The molecule has 0 aliphatic heterocycles. The molecule has 0 heterocycles. The Morgan fingerprint density at radius 3 is 2.42 bits per heavy atom. The summed E-state index contributed by atoms with van der Waals surface area (Å²) < 4.78 is 39.5. The minimum atomic E-state index is -4.75. The number of hydrogen-bond donors (Lipinski definition) is 1. The van der Waals surface area contributed by atoms with E-state index in [9.17, 15) is 23.3 Å². The zero-order chi connectivity index (χ0) is 14.5. The molecule has 9 heteroatoms. The molecule has 0 bridgehead atoms. The van der Waals surface area contributed by atoms with Crippen molar-refractivity contribution in [3.05, 3.63) is 45.6 Å². The molecule has 5 nitrogen and oxygen atoms in total. The monoisotopic (exact) mass is 294 g/mol. The molecule has 0 atom stereocenters. The average molecular weight is 294 g/mol. The number of hydrogen-bond acceptors (Lipinski definition) is 5. The maximum absolute atomic E-state index is 11.9. The maximum atomic E-state index is 11.9. The van der Waals surface area contributed by atoms with Crippen molar-refractivity contribution >= 4 is 17.4 Å². The fourth-order valence-electron chi connectivity index (χ4n) is 1.11. The van der Waals surface area contributed by atoms with Crippen molar-refractivity contribution in [2.75, 3.05) is 11.6 Å². The van der Waals surface area contributed by atoms with Crippen LogP contribution in [0.25, 0.3) is 0 Å². The van der Waals surface area contributed by atoms with Gasteiger partial charge in [-0.3, -0.25) is 10.1 Å². The number of benzene rings is 1. The Kier molecular flexibility index (Phi) is 5.04. The second-order valence-electron chi connectivity index (χ2n) is 3.18. The summed E-state index contributed by atoms with van der Waals surface area (Å²) in [6, 6.07) is 4.87. The average Bonchev–Trinajstić information content (AvgIpc) is 2.28. The number of nitro groups is 1. The van der Waals surface area contributed by atoms with Gasteiger partial charge < -0.3 is 10.1 Å². The molecule has 0 aliphatic carbocycles. The Morgan fingerprint density at radius 2 is 2.00 bits per heavy atom. The largest absolute Gasteiger partial charge is 0.573 e. The molecule has 1 aromatic rings. The van der Waals surface area contributed by atoms with E-state index < -0.39 is 11.3 Å². The molecule has 1 aromatic carbocycles. The van der Waals surface area contributed by atoms with Crippen molar-refractivity contribution in [3.8, 4) is 5.75 Å². The van der Waals surface area contributed by atoms with Crippen LogP contribution in [0, 0.1) is 10.1 Å². The molecule has 0 amide bonds. The molecule has 0 fully saturated rings. The standard InChI is InChI=1S/C10H9F3N2O3S/c1-19-9(6-15(16)17)14-7-2-4-8(5-3-7)18-10(11,12)13/h2-6,14H,1H3/b9-6-. The van der Waals surface area contributed by atoms with Crippen LogP contribution < -0.4 is 10.1 Å². The minimum Gasteiger partial charge on any atom is -0.406 e. The van der Waals surface area contributed by atoms with E-state index in [4.69, 9.17) is 0 Å². The molecule has 0 aromatic heterocycles. The predicted octanol–water partition coefficient (Wildman–Crippen LogP) is 3.44. The van der Waals surface area contributed by atoms with Crippen LogP contribution in [-0.2, 0) is 0 Å². The summed E-state index contributed by atoms with van der Waals surface area (Å²) in [5, 5.41) is 13.3. The van der Waals surface area contributed by atoms with Gasteiger partial charge in [-0.25, -0.2) is 0 Å². The van der Waals surface area contributed by atoms with Crippen LogP contribution in [0.15, 0.2) is 35.5 Å². The van der Waals surface area contributed by atoms with Gasteiger partial charge in [0.25, 0.3) is 6.20 Å². The first-order valence-corrected chi connectivity index (χ1v) is 6.05. The molecule has 0 spiro atoms. The van der Waals surface area contributed by atoms with Gasteiger partial charge in [-0.1, -0.05) is 0 Å². The Bertz CT molecular complexity index is 474. The van der Waals surface area contributed by atoms with Crippen molar-refractivity contribution < 1.29 is 22.8 Å². The third-order valence-electron chi connectivity index (χ3n) is 1.80. The Labute approximate surface area is 110 Å². The minimum absolute atomic E-state index is 0.259. The van der Waals surface area contributed by atoms with Crippen LogP contribution in [0.1, 0.15) is 0 Å². The SMILES string of the molecule is CS/C(=C\[N+](=O)[O-])Nc1ccc(OC(F)(F)F)cc1. The third-order valence-corrected chi connectivity index (χ3v) is 2.45. The lowest BCUT2D eigenvalue weighted by molar-refractivity contribution is -0.402. The molecule has 0 radical (unpaired) electrons. The van der Waals surface area contributed by atoms with E-state index in [1.807, 2.05) is 0 Å². The summed E-state index contributed by atoms with van der Waals surface area (Å²) >= 11 is 1.10. The molecule has 1 N–H and O–H groups in total. The lowest BCUT2D eigenvalue weighted by atomic mass is 10.3. The summed E-state index contributed by atoms with van der Waals surface area (Å²) in [5.41, 5.74) is 0.414. The second kappa shape index (κ2) is 6.32. The first-order valence-electron chi connectivity index (χ1n) is 4.82. The van der Waals surface area contributed by atoms with Gasteiger partial charge >= 0.3 is 6.36 Å². The van der Waals surface area contributed by atoms with Gasteiger partial charge in [0.05, 0.1) is 4.92 Å². The highest BCUT2D eigenvalue weighted by molar-refractivity contribution is 8.02. The van der Waals surface area contributed by atoms with Gasteiger partial charge in [0.1, 0.15) is 10.8 Å². The smallest absolute Gasteiger partial charge is 0.406 e. The summed E-state index contributed by atoms with van der Waals surface area (Å²) in [6.07, 6.45) is -2.35. The van der Waals surface area contributed by atoms with E-state index in [0.717, 1.165) is 30.1 Å². The van der Waals surface area contributed by atoms with Gasteiger partial charge in [0, 0.05) is 5.69 Å². The van der Waals surface area contributed by atoms with E-state index in [-0.39, 0.29) is 10.8 Å². The third kappa shape index (κ3) is 6.00. The maximum Gasteiger partial charge on any atom is 0.573 e. The van der Waals surface area contributed by atoms with Crippen molar-refractivity contribution in [1.29, 1.82) is 0 Å². The normalized spacial score (nSPS) is 12.1. The number of halogens is 3. The topological polar surface area (TPSA) is 64.4 Å². The Balaban J connectivity index is 2.74. The number of nitrogens with zero attached hydrogens (tertiary/aromatic N) is 1. The summed E-state index contributed by atoms with van der Waals surface area (Å²) in [7, 11) is 0. The lowest BCUT2D eigenvalue weighted by Gasteiger charge is -2.10. The van der Waals surface area contributed by atoms with Crippen LogP contribution in [0.4, 0.5) is 18.9 Å². The molecule has 0 unspecified atom stereocenters. The number of rotatable bonds is 5. The lowest BCUT2D eigenvalue weighted by Crippen LogP contribution is -2.17. The molecular formula is C10H9F3N2O3S. The number of alkyl halides is 3. The summed E-state index contributed by atoms with van der Waals surface area (Å²) in [5.74, 6) is -0.359. The van der Waals surface area contributed by atoms with Gasteiger partial charge in [-0.05, 0) is 30.5 Å². The first kappa shape index (κ1) is 15.2. The molecule has 1 rings (SSSR count). The second-order valence-corrected chi connectivity index (χ2v) is 4.03. The van der Waals surface area contributed by atoms with Crippen LogP contribution in [0.2, 0.25) is 0 Å². The van der Waals surface area contributed by atoms with Crippen LogP contribution in [-0.4, -0.2) is 17.5 Å². The molecule has 0 aliphatic rings. The fourth-order valence-corrected chi connectivity index (χ4v) is 1.53. The van der Waals surface area contributed by atoms with E-state index in [2.05, 4.69) is 10.1 Å². The molecular weight excluding hydrogens is 285 g/mol. The molecule has 0 saturated heterocycles. The van der Waals surface area contributed by atoms with E-state index >= 15 is 0 Å². The predicted molar refractivity (Wildman–Crippen MR) is 65.3 cm³/mol. The van der Waals surface area contributed by atoms with Crippen LogP contribution in [0.5, 0.6) is 5.75 Å². The first-order chi connectivity index (χ1) is 8.80. The number of anilines is 1. The van der Waals surface area contributed by atoms with Crippen molar-refractivity contribution in [2.45, 2.75) is 6.36 Å². The van der Waals surface area contributed by atoms with Crippen molar-refractivity contribution in [2.24, 2.45) is 0 Å². The number of thioether (sulfide) groups is 1. The molecule has 19 heavy (non-hydrogen) atoms. The summed E-state index contributed by atoms with van der Waals surface area (Å²) in [6.45, 7) is 0. The van der Waals surface area contributed by atoms with E-state index in [1.165, 1.54) is 12.1 Å². The zero-order valence-corrected chi connectivity index (χ0v) is 10.4. The van der Waals surface area contributed by atoms with Gasteiger partial charge in [-0.15, -0.1) is 24.9 Å². The van der Waals surface area contributed by atoms with Crippen LogP contribution in [0.3, 0.4) is 0 Å². The number of nitrogens with one attached hydrogen (secondary N) is 1. The fraction of sp³-hybridized carbons (Fsp3) is 0.200. The van der Waals surface area contributed by atoms with E-state index in [1.54, 1.807) is 6.26 Å². The summed E-state index contributed by atoms with van der Waals surface area (Å²) in [4.78, 5) is 9.68. The molecule has 0 saturated carbocycles. The highest BCUT2D eigenvalue weighted by Crippen LogP contribution is 2.25. The van der Waals surface area contributed by atoms with Crippen molar-refractivity contribution in [3.63, 3.8) is 0 Å². The van der Waals surface area contributed by atoms with Crippen LogP contribution >= 0.6 is 11.8 Å². The Morgan fingerprint density at radius 1 is 1.42 bits per heavy atom.